The lowest BCUT2D eigenvalue weighted by molar-refractivity contribution is 0.595. The molecule has 3 rings (SSSR count). The molecule has 0 aliphatic heterocycles. The van der Waals surface area contributed by atoms with Crippen LogP contribution in [0.25, 0.3) is 0 Å². The number of nitrogens with one attached hydrogen (secondary N) is 1. The first-order valence-electron chi connectivity index (χ1n) is 5.22. The van der Waals surface area contributed by atoms with E-state index in [4.69, 9.17) is 0 Å². The molecule has 74 valence electrons. The van der Waals surface area contributed by atoms with Crippen molar-refractivity contribution in [3.8, 4) is 0 Å². The highest BCUT2D eigenvalue weighted by Crippen LogP contribution is 2.56. The summed E-state index contributed by atoms with van der Waals surface area (Å²) >= 11 is 0. The summed E-state index contributed by atoms with van der Waals surface area (Å²) < 4.78 is 13.1. The second-order valence-electron chi connectivity index (χ2n) is 4.50. The highest BCUT2D eigenvalue weighted by molar-refractivity contribution is 5.46. The number of fused-ring (bicyclic) bond motifs is 2. The summed E-state index contributed by atoms with van der Waals surface area (Å²) in [6.07, 6.45) is 3.49. The van der Waals surface area contributed by atoms with Crippen molar-refractivity contribution < 1.29 is 4.39 Å². The van der Waals surface area contributed by atoms with Gasteiger partial charge in [0.15, 0.2) is 0 Å². The lowest BCUT2D eigenvalue weighted by Crippen LogP contribution is -2.19. The third kappa shape index (κ3) is 0.921. The molecular weight excluding hydrogens is 177 g/mol. The molecule has 1 aromatic rings. The molecule has 0 aromatic heterocycles. The maximum Gasteiger partial charge on any atom is 0.123 e. The van der Waals surface area contributed by atoms with Gasteiger partial charge in [0.25, 0.3) is 0 Å². The van der Waals surface area contributed by atoms with Crippen LogP contribution in [-0.4, -0.2) is 13.1 Å². The Hall–Kier alpha value is -0.890. The van der Waals surface area contributed by atoms with Crippen molar-refractivity contribution in [2.75, 3.05) is 7.05 Å². The molecule has 2 atom stereocenters. The van der Waals surface area contributed by atoms with Crippen LogP contribution in [0.1, 0.15) is 24.0 Å². The Morgan fingerprint density at radius 2 is 2.36 bits per heavy atom. The van der Waals surface area contributed by atoms with E-state index in [1.165, 1.54) is 24.0 Å². The second-order valence-corrected chi connectivity index (χ2v) is 4.50. The Kier molecular flexibility index (Phi) is 1.55. The third-order valence-corrected chi connectivity index (χ3v) is 3.87. The highest BCUT2D eigenvalue weighted by Gasteiger charge is 2.57. The Labute approximate surface area is 83.3 Å². The van der Waals surface area contributed by atoms with Crippen LogP contribution < -0.4 is 5.32 Å². The Morgan fingerprint density at radius 3 is 3.07 bits per heavy atom. The van der Waals surface area contributed by atoms with Gasteiger partial charge in [-0.05, 0) is 49.6 Å². The monoisotopic (exact) mass is 191 g/mol. The largest absolute Gasteiger partial charge is 0.316 e. The summed E-state index contributed by atoms with van der Waals surface area (Å²) in [6, 6.07) is 5.84. The Balaban J connectivity index is 2.06. The SMILES string of the molecule is CNC1CC12CCc1ccc(F)cc12. The average molecular weight is 191 g/mol. The van der Waals surface area contributed by atoms with Gasteiger partial charge in [-0.15, -0.1) is 0 Å². The molecule has 1 fully saturated rings. The van der Waals surface area contributed by atoms with Crippen LogP contribution in [0.5, 0.6) is 0 Å². The molecule has 2 aliphatic rings. The molecule has 0 saturated heterocycles. The van der Waals surface area contributed by atoms with E-state index in [9.17, 15) is 4.39 Å². The van der Waals surface area contributed by atoms with Crippen LogP contribution in [0.2, 0.25) is 0 Å². The zero-order chi connectivity index (χ0) is 9.76. The van der Waals surface area contributed by atoms with Crippen LogP contribution in [0.3, 0.4) is 0 Å². The molecule has 1 nitrogen and oxygen atoms in total. The van der Waals surface area contributed by atoms with Gasteiger partial charge in [-0.2, -0.15) is 0 Å². The number of hydrogen-bond acceptors (Lipinski definition) is 1. The molecule has 1 N–H and O–H groups in total. The average Bonchev–Trinajstić information content (AvgIpc) is 2.80. The Morgan fingerprint density at radius 1 is 1.50 bits per heavy atom. The first kappa shape index (κ1) is 8.42. The fraction of sp³-hybridized carbons (Fsp3) is 0.500. The molecule has 14 heavy (non-hydrogen) atoms. The van der Waals surface area contributed by atoms with Crippen molar-refractivity contribution in [3.63, 3.8) is 0 Å². The minimum atomic E-state index is -0.0909. The van der Waals surface area contributed by atoms with Gasteiger partial charge in [0.05, 0.1) is 0 Å². The molecular formula is C12H14FN. The van der Waals surface area contributed by atoms with E-state index < -0.39 is 0 Å². The molecule has 0 radical (unpaired) electrons. The maximum atomic E-state index is 13.1. The van der Waals surface area contributed by atoms with Gasteiger partial charge in [0.1, 0.15) is 5.82 Å². The molecule has 1 aromatic carbocycles. The van der Waals surface area contributed by atoms with Crippen LogP contribution in [0.4, 0.5) is 4.39 Å². The van der Waals surface area contributed by atoms with Gasteiger partial charge in [0.2, 0.25) is 0 Å². The minimum absolute atomic E-state index is 0.0909. The molecule has 1 saturated carbocycles. The van der Waals surface area contributed by atoms with Crippen molar-refractivity contribution in [2.24, 2.45) is 0 Å². The maximum absolute atomic E-state index is 13.1. The van der Waals surface area contributed by atoms with Crippen molar-refractivity contribution in [2.45, 2.75) is 30.7 Å². The van der Waals surface area contributed by atoms with E-state index in [1.807, 2.05) is 13.1 Å². The molecule has 1 spiro atoms. The van der Waals surface area contributed by atoms with Gasteiger partial charge in [0, 0.05) is 11.5 Å². The van der Waals surface area contributed by atoms with Crippen LogP contribution in [0.15, 0.2) is 18.2 Å². The summed E-state index contributed by atoms with van der Waals surface area (Å²) in [5.41, 5.74) is 2.90. The van der Waals surface area contributed by atoms with Gasteiger partial charge in [-0.1, -0.05) is 6.07 Å². The summed E-state index contributed by atoms with van der Waals surface area (Å²) in [6.45, 7) is 0. The van der Waals surface area contributed by atoms with E-state index in [0.29, 0.717) is 6.04 Å². The van der Waals surface area contributed by atoms with E-state index in [1.54, 1.807) is 12.1 Å². The highest BCUT2D eigenvalue weighted by atomic mass is 19.1. The summed E-state index contributed by atoms with van der Waals surface area (Å²) in [7, 11) is 2.00. The predicted octanol–water partition coefficient (Wildman–Crippen LogP) is 2.00. The van der Waals surface area contributed by atoms with Gasteiger partial charge in [-0.3, -0.25) is 0 Å². The van der Waals surface area contributed by atoms with E-state index in [-0.39, 0.29) is 11.2 Å². The van der Waals surface area contributed by atoms with Gasteiger partial charge < -0.3 is 5.32 Å². The van der Waals surface area contributed by atoms with Crippen molar-refractivity contribution in [3.05, 3.63) is 35.1 Å². The number of likely N-dealkylation sites (N-methyl/N-ethyl adjacent to an activating group) is 1. The number of aryl methyl sites for hydroxylation is 1. The minimum Gasteiger partial charge on any atom is -0.316 e. The lowest BCUT2D eigenvalue weighted by Gasteiger charge is -2.10. The number of hydrogen-bond donors (Lipinski definition) is 1. The fourth-order valence-electron chi connectivity index (χ4n) is 2.98. The number of benzene rings is 1. The van der Waals surface area contributed by atoms with Crippen LogP contribution in [-0.2, 0) is 11.8 Å². The third-order valence-electron chi connectivity index (χ3n) is 3.87. The summed E-state index contributed by atoms with van der Waals surface area (Å²) in [4.78, 5) is 0. The van der Waals surface area contributed by atoms with E-state index in [0.717, 1.165) is 6.42 Å². The van der Waals surface area contributed by atoms with E-state index in [2.05, 4.69) is 5.32 Å². The quantitative estimate of drug-likeness (QED) is 0.716. The first-order valence-corrected chi connectivity index (χ1v) is 5.22. The second kappa shape index (κ2) is 2.57. The fourth-order valence-corrected chi connectivity index (χ4v) is 2.98. The van der Waals surface area contributed by atoms with Crippen LogP contribution in [0, 0.1) is 5.82 Å². The van der Waals surface area contributed by atoms with E-state index >= 15 is 0 Å². The normalized spacial score (nSPS) is 33.4. The topological polar surface area (TPSA) is 12.0 Å². The lowest BCUT2D eigenvalue weighted by atomic mass is 9.97. The standard InChI is InChI=1S/C12H14FN/c1-14-11-7-12(11)5-4-8-2-3-9(13)6-10(8)12/h2-3,6,11,14H,4-5,7H2,1H3. The molecule has 2 unspecified atom stereocenters. The summed E-state index contributed by atoms with van der Waals surface area (Å²) in [5, 5.41) is 3.31. The molecule has 2 heteroatoms. The van der Waals surface area contributed by atoms with Crippen LogP contribution >= 0.6 is 0 Å². The van der Waals surface area contributed by atoms with Crippen molar-refractivity contribution in [1.82, 2.24) is 5.32 Å². The molecule has 0 amide bonds. The molecule has 2 aliphatic carbocycles. The molecule has 0 heterocycles. The zero-order valence-corrected chi connectivity index (χ0v) is 8.31. The van der Waals surface area contributed by atoms with Gasteiger partial charge >= 0.3 is 0 Å². The zero-order valence-electron chi connectivity index (χ0n) is 8.31. The van der Waals surface area contributed by atoms with Gasteiger partial charge in [-0.25, -0.2) is 4.39 Å². The Bertz CT molecular complexity index is 388. The smallest absolute Gasteiger partial charge is 0.123 e. The summed E-state index contributed by atoms with van der Waals surface area (Å²) in [5.74, 6) is -0.0909. The first-order chi connectivity index (χ1) is 6.76. The number of halogens is 1. The van der Waals surface area contributed by atoms with Crippen molar-refractivity contribution in [1.29, 1.82) is 0 Å². The molecule has 0 bridgehead atoms. The van der Waals surface area contributed by atoms with Crippen molar-refractivity contribution >= 4 is 0 Å². The number of rotatable bonds is 1. The predicted molar refractivity (Wildman–Crippen MR) is 53.9 cm³/mol.